The molecule has 0 saturated carbocycles. The molecule has 0 unspecified atom stereocenters. The van der Waals surface area contributed by atoms with Crippen molar-refractivity contribution >= 4 is 23.8 Å². The molecule has 0 spiro atoms. The molecule has 0 bridgehead atoms. The summed E-state index contributed by atoms with van der Waals surface area (Å²) in [5, 5.41) is 3.05. The Hall–Kier alpha value is -4.28. The fourth-order valence-electron chi connectivity index (χ4n) is 6.43. The van der Waals surface area contributed by atoms with Gasteiger partial charge in [0.1, 0.15) is 11.2 Å². The number of nitrogens with one attached hydrogen (secondary N) is 1. The van der Waals surface area contributed by atoms with Crippen LogP contribution in [0.1, 0.15) is 89.2 Å². The number of benzene rings is 2. The lowest BCUT2D eigenvalue weighted by molar-refractivity contribution is -0.191. The monoisotopic (exact) mass is 634 g/mol. The lowest BCUT2D eigenvalue weighted by Crippen LogP contribution is -2.73. The van der Waals surface area contributed by atoms with Gasteiger partial charge in [-0.1, -0.05) is 54.0 Å². The first-order chi connectivity index (χ1) is 21.9. The largest absolute Gasteiger partial charge is 0.469 e. The minimum Gasteiger partial charge on any atom is -0.469 e. The molecule has 248 valence electrons. The summed E-state index contributed by atoms with van der Waals surface area (Å²) in [4.78, 5) is 57.8. The maximum absolute atomic E-state index is 13.7. The summed E-state index contributed by atoms with van der Waals surface area (Å²) in [6.07, 6.45) is 1.71. The van der Waals surface area contributed by atoms with Crippen LogP contribution in [0.2, 0.25) is 0 Å². The van der Waals surface area contributed by atoms with E-state index in [-0.39, 0.29) is 30.6 Å². The van der Waals surface area contributed by atoms with Crippen molar-refractivity contribution in [2.75, 3.05) is 33.0 Å². The second-order valence-electron chi connectivity index (χ2n) is 13.3. The number of carbonyl (C=O) groups is 4. The first-order valence-electron chi connectivity index (χ1n) is 16.3. The van der Waals surface area contributed by atoms with Crippen molar-refractivity contribution in [2.45, 2.75) is 79.5 Å². The Labute approximate surface area is 271 Å². The van der Waals surface area contributed by atoms with Crippen LogP contribution in [0.3, 0.4) is 0 Å². The van der Waals surface area contributed by atoms with E-state index in [9.17, 15) is 19.2 Å². The van der Waals surface area contributed by atoms with Crippen LogP contribution >= 0.6 is 0 Å². The van der Waals surface area contributed by atoms with Crippen molar-refractivity contribution in [1.29, 1.82) is 0 Å². The summed E-state index contributed by atoms with van der Waals surface area (Å²) in [7, 11) is 0. The van der Waals surface area contributed by atoms with Crippen molar-refractivity contribution in [3.63, 3.8) is 0 Å². The number of piperazine rings is 1. The van der Waals surface area contributed by atoms with Crippen molar-refractivity contribution in [2.24, 2.45) is 10.8 Å². The van der Waals surface area contributed by atoms with Crippen LogP contribution in [0.15, 0.2) is 42.5 Å². The Kier molecular flexibility index (Phi) is 9.51. The highest BCUT2D eigenvalue weighted by molar-refractivity contribution is 6.03. The summed E-state index contributed by atoms with van der Waals surface area (Å²) in [5.41, 5.74) is 0.0748. The van der Waals surface area contributed by atoms with E-state index in [0.717, 1.165) is 12.0 Å². The maximum atomic E-state index is 13.7. The van der Waals surface area contributed by atoms with Crippen LogP contribution in [0.4, 0.5) is 4.79 Å². The summed E-state index contributed by atoms with van der Waals surface area (Å²) in [6.45, 7) is 13.7. The number of hydrogen-bond donors (Lipinski definition) is 1. The van der Waals surface area contributed by atoms with Gasteiger partial charge in [-0.15, -0.1) is 0 Å². The fraction of sp³-hybridized carbons (Fsp3) is 0.543. The second kappa shape index (κ2) is 13.2. The van der Waals surface area contributed by atoms with Crippen molar-refractivity contribution < 1.29 is 33.4 Å². The third kappa shape index (κ3) is 6.24. The molecule has 1 N–H and O–H groups in total. The Bertz CT molecular complexity index is 1460. The van der Waals surface area contributed by atoms with E-state index in [1.807, 2.05) is 64.6 Å². The molecule has 0 aliphatic carbocycles. The summed E-state index contributed by atoms with van der Waals surface area (Å²) in [6, 6.07) is 11.5. The van der Waals surface area contributed by atoms with Gasteiger partial charge in [0.05, 0.1) is 6.04 Å². The lowest BCUT2D eigenvalue weighted by atomic mass is 9.72. The molecular formula is C35H46N4O7. The number of ether oxygens (including phenoxy) is 3. The minimum absolute atomic E-state index is 0.0855. The highest BCUT2D eigenvalue weighted by Crippen LogP contribution is 2.46. The van der Waals surface area contributed by atoms with E-state index < -0.39 is 23.1 Å². The lowest BCUT2D eigenvalue weighted by Gasteiger charge is -2.53. The quantitative estimate of drug-likeness (QED) is 0.370. The molecule has 2 aromatic carbocycles. The molecule has 2 aromatic rings. The zero-order chi connectivity index (χ0) is 33.2. The van der Waals surface area contributed by atoms with Crippen LogP contribution in [-0.2, 0) is 9.59 Å². The molecule has 2 fully saturated rings. The minimum atomic E-state index is -0.838. The number of imide groups is 1. The summed E-state index contributed by atoms with van der Waals surface area (Å²) < 4.78 is 17.3. The van der Waals surface area contributed by atoms with Gasteiger partial charge < -0.3 is 29.3 Å². The van der Waals surface area contributed by atoms with Gasteiger partial charge in [-0.25, -0.2) is 9.69 Å². The normalized spacial score (nSPS) is 19.4. The van der Waals surface area contributed by atoms with Crippen LogP contribution in [0.5, 0.6) is 17.2 Å². The molecule has 3 aliphatic heterocycles. The van der Waals surface area contributed by atoms with Gasteiger partial charge in [-0.3, -0.25) is 14.4 Å². The number of likely N-dealkylation sites (tertiary alicyclic amines) is 1. The molecule has 5 rings (SSSR count). The van der Waals surface area contributed by atoms with Crippen LogP contribution in [0.25, 0.3) is 0 Å². The molecule has 11 heteroatoms. The average molecular weight is 635 g/mol. The number of urea groups is 1. The molecule has 0 aromatic heterocycles. The molecule has 0 radical (unpaired) electrons. The molecule has 2 saturated heterocycles. The predicted octanol–water partition coefficient (Wildman–Crippen LogP) is 5.35. The smallest absolute Gasteiger partial charge is 0.327 e. The Morgan fingerprint density at radius 3 is 2.17 bits per heavy atom. The van der Waals surface area contributed by atoms with Crippen LogP contribution in [-0.4, -0.2) is 77.7 Å². The summed E-state index contributed by atoms with van der Waals surface area (Å²) in [5.74, 6) is 1.45. The third-order valence-electron chi connectivity index (χ3n) is 9.35. The first kappa shape index (κ1) is 33.1. The second-order valence-corrected chi connectivity index (χ2v) is 13.3. The molecule has 3 aliphatic rings. The molecule has 2 atom stereocenters. The number of nitrogens with zero attached hydrogens (tertiary/aromatic N) is 3. The van der Waals surface area contributed by atoms with Gasteiger partial charge >= 0.3 is 6.03 Å². The van der Waals surface area contributed by atoms with E-state index in [2.05, 4.69) is 5.32 Å². The van der Waals surface area contributed by atoms with E-state index in [4.69, 9.17) is 14.2 Å². The number of fused-ring (bicyclic) bond motifs is 1. The SMILES string of the molecule is CCC[C@@H](NC(=O)N1C(=O)C(CC)(CC)[C@@H]1Oc1ccc(C(=O)N2CCN(C(=O)C(C)(C)C)CC2)cc1)c1ccc2c(c1)OCO2. The number of carbonyl (C=O) groups excluding carboxylic acids is 4. The topological polar surface area (TPSA) is 118 Å². The highest BCUT2D eigenvalue weighted by atomic mass is 16.7. The van der Waals surface area contributed by atoms with Gasteiger partial charge in [-0.2, -0.15) is 0 Å². The zero-order valence-electron chi connectivity index (χ0n) is 27.8. The molecule has 46 heavy (non-hydrogen) atoms. The molecular weight excluding hydrogens is 588 g/mol. The van der Waals surface area contributed by atoms with E-state index in [1.165, 1.54) is 4.90 Å². The first-order valence-corrected chi connectivity index (χ1v) is 16.3. The van der Waals surface area contributed by atoms with E-state index in [0.29, 0.717) is 68.3 Å². The van der Waals surface area contributed by atoms with E-state index in [1.54, 1.807) is 29.2 Å². The van der Waals surface area contributed by atoms with Crippen molar-refractivity contribution in [1.82, 2.24) is 20.0 Å². The van der Waals surface area contributed by atoms with E-state index >= 15 is 0 Å². The number of β-lactam (4-membered cyclic amide) rings is 1. The van der Waals surface area contributed by atoms with Gasteiger partial charge in [0.2, 0.25) is 18.6 Å². The maximum Gasteiger partial charge on any atom is 0.327 e. The number of hydrogen-bond acceptors (Lipinski definition) is 7. The van der Waals surface area contributed by atoms with Crippen molar-refractivity contribution in [3.8, 4) is 17.2 Å². The Morgan fingerprint density at radius 2 is 1.57 bits per heavy atom. The van der Waals surface area contributed by atoms with Crippen LogP contribution in [0, 0.1) is 10.8 Å². The van der Waals surface area contributed by atoms with Gasteiger partial charge in [-0.05, 0) is 61.2 Å². The molecule has 11 nitrogen and oxygen atoms in total. The fourth-order valence-corrected chi connectivity index (χ4v) is 6.43. The Balaban J connectivity index is 1.26. The molecule has 3 heterocycles. The standard InChI is InChI=1S/C35H46N4O7/c1-7-10-26(24-13-16-27-28(21-24)45-22-44-27)36-33(43)39-31(42)35(8-2,9-3)32(39)46-25-14-11-23(12-15-25)29(40)37-17-19-38(20-18-37)30(41)34(4,5)6/h11-16,21,26,32H,7-10,17-20,22H2,1-6H3,(H,36,43)/t26-,32+/m1/s1. The highest BCUT2D eigenvalue weighted by Gasteiger charge is 2.63. The zero-order valence-corrected chi connectivity index (χ0v) is 27.8. The number of rotatable bonds is 9. The van der Waals surface area contributed by atoms with Gasteiger partial charge in [0, 0.05) is 37.2 Å². The third-order valence-corrected chi connectivity index (χ3v) is 9.35. The van der Waals surface area contributed by atoms with Gasteiger partial charge in [0.15, 0.2) is 17.7 Å². The Morgan fingerprint density at radius 1 is 0.935 bits per heavy atom. The summed E-state index contributed by atoms with van der Waals surface area (Å²) >= 11 is 0. The molecule has 5 amide bonds. The predicted molar refractivity (Wildman–Crippen MR) is 171 cm³/mol. The van der Waals surface area contributed by atoms with Crippen molar-refractivity contribution in [3.05, 3.63) is 53.6 Å². The average Bonchev–Trinajstić information content (AvgIpc) is 3.52. The van der Waals surface area contributed by atoms with Crippen LogP contribution < -0.4 is 19.5 Å². The number of amides is 5. The van der Waals surface area contributed by atoms with Gasteiger partial charge in [0.25, 0.3) is 5.91 Å².